The van der Waals surface area contributed by atoms with Gasteiger partial charge in [0.15, 0.2) is 5.78 Å². The van der Waals surface area contributed by atoms with Crippen molar-refractivity contribution >= 4 is 35.6 Å². The molecule has 10 nitrogen and oxygen atoms in total. The Morgan fingerprint density at radius 3 is 1.89 bits per heavy atom. The molecule has 0 radical (unpaired) electrons. The molecule has 38 heavy (non-hydrogen) atoms. The fourth-order valence-electron chi connectivity index (χ4n) is 2.94. The van der Waals surface area contributed by atoms with Gasteiger partial charge in [0.05, 0.1) is 12.1 Å². The van der Waals surface area contributed by atoms with E-state index in [1.807, 2.05) is 30.3 Å². The summed E-state index contributed by atoms with van der Waals surface area (Å²) in [4.78, 5) is 53.6. The van der Waals surface area contributed by atoms with Crippen LogP contribution in [-0.2, 0) is 25.6 Å². The first-order valence-electron chi connectivity index (χ1n) is 12.1. The largest absolute Gasteiger partial charge is 0.461 e. The van der Waals surface area contributed by atoms with Crippen molar-refractivity contribution in [2.24, 2.45) is 4.99 Å². The van der Waals surface area contributed by atoms with Crippen molar-refractivity contribution in [3.05, 3.63) is 65.7 Å². The first-order valence-corrected chi connectivity index (χ1v) is 12.1. The molecule has 2 aromatic rings. The van der Waals surface area contributed by atoms with Gasteiger partial charge < -0.3 is 14.2 Å². The highest BCUT2D eigenvalue weighted by molar-refractivity contribution is 6.03. The zero-order valence-electron chi connectivity index (χ0n) is 22.6. The van der Waals surface area contributed by atoms with Gasteiger partial charge in [-0.3, -0.25) is 20.2 Å². The number of aliphatic imine (C=N–C) groups is 1. The normalized spacial score (nSPS) is 11.1. The summed E-state index contributed by atoms with van der Waals surface area (Å²) in [7, 11) is 0. The standard InChI is InChI=1S/C28H35N3O7/c1-27(2,3)37-25(34)30-24(31-26(35)38-28(4,5)6)29-21-14-10-13-20(17-21)22(32)15-16-23(33)36-18-19-11-8-7-9-12-19/h7-14,17H,15-16,18H2,1-6H3,(H2,29,30,31,34,35). The highest BCUT2D eigenvalue weighted by atomic mass is 16.6. The zero-order chi connectivity index (χ0) is 28.3. The first-order chi connectivity index (χ1) is 17.7. The van der Waals surface area contributed by atoms with Crippen LogP contribution in [0.4, 0.5) is 15.3 Å². The Kier molecular flexibility index (Phi) is 10.6. The minimum atomic E-state index is -0.839. The average Bonchev–Trinajstić information content (AvgIpc) is 2.79. The highest BCUT2D eigenvalue weighted by Crippen LogP contribution is 2.17. The van der Waals surface area contributed by atoms with Crippen LogP contribution in [0.1, 0.15) is 70.3 Å². The van der Waals surface area contributed by atoms with Gasteiger partial charge in [-0.2, -0.15) is 0 Å². The lowest BCUT2D eigenvalue weighted by molar-refractivity contribution is -0.144. The molecule has 0 spiro atoms. The molecule has 0 atom stereocenters. The third-order valence-corrected chi connectivity index (χ3v) is 4.45. The first kappa shape index (κ1) is 30.0. The van der Waals surface area contributed by atoms with E-state index in [-0.39, 0.29) is 36.9 Å². The van der Waals surface area contributed by atoms with Gasteiger partial charge in [0.2, 0.25) is 5.96 Å². The summed E-state index contributed by atoms with van der Waals surface area (Å²) < 4.78 is 15.7. The fraction of sp³-hybridized carbons (Fsp3) is 0.393. The van der Waals surface area contributed by atoms with Crippen LogP contribution in [0.3, 0.4) is 0 Å². The van der Waals surface area contributed by atoms with Crippen molar-refractivity contribution in [2.45, 2.75) is 72.2 Å². The number of amides is 2. The number of rotatable bonds is 7. The molecule has 0 heterocycles. The fourth-order valence-corrected chi connectivity index (χ4v) is 2.94. The lowest BCUT2D eigenvalue weighted by Crippen LogP contribution is -2.47. The summed E-state index contributed by atoms with van der Waals surface area (Å²) in [5, 5.41) is 4.77. The van der Waals surface area contributed by atoms with Crippen molar-refractivity contribution in [2.75, 3.05) is 0 Å². The maximum Gasteiger partial charge on any atom is 0.414 e. The summed E-state index contributed by atoms with van der Waals surface area (Å²) in [6, 6.07) is 15.5. The summed E-state index contributed by atoms with van der Waals surface area (Å²) in [6.45, 7) is 10.3. The number of benzene rings is 2. The molecule has 0 aliphatic heterocycles. The van der Waals surface area contributed by atoms with E-state index in [1.54, 1.807) is 59.7 Å². The molecule has 0 aromatic heterocycles. The minimum absolute atomic E-state index is 0.0556. The van der Waals surface area contributed by atoms with Gasteiger partial charge in [-0.15, -0.1) is 0 Å². The average molecular weight is 526 g/mol. The van der Waals surface area contributed by atoms with E-state index in [2.05, 4.69) is 15.6 Å². The predicted molar refractivity (Wildman–Crippen MR) is 142 cm³/mol. The maximum atomic E-state index is 12.7. The quantitative estimate of drug-likeness (QED) is 0.162. The highest BCUT2D eigenvalue weighted by Gasteiger charge is 2.21. The van der Waals surface area contributed by atoms with Crippen LogP contribution in [0, 0.1) is 0 Å². The van der Waals surface area contributed by atoms with E-state index in [0.29, 0.717) is 5.56 Å². The molecule has 0 aliphatic carbocycles. The molecule has 2 amide bonds. The van der Waals surface area contributed by atoms with Crippen molar-refractivity contribution in [1.82, 2.24) is 10.6 Å². The molecule has 2 aromatic carbocycles. The molecule has 2 rings (SSSR count). The Morgan fingerprint density at radius 1 is 0.763 bits per heavy atom. The lowest BCUT2D eigenvalue weighted by atomic mass is 10.1. The van der Waals surface area contributed by atoms with Crippen LogP contribution in [-0.4, -0.2) is 41.1 Å². The molecule has 0 aliphatic rings. The van der Waals surface area contributed by atoms with Crippen LogP contribution in [0.15, 0.2) is 59.6 Å². The number of ether oxygens (including phenoxy) is 3. The van der Waals surface area contributed by atoms with Gasteiger partial charge in [-0.25, -0.2) is 14.6 Å². The van der Waals surface area contributed by atoms with E-state index in [1.165, 1.54) is 6.07 Å². The van der Waals surface area contributed by atoms with Crippen molar-refractivity contribution in [3.63, 3.8) is 0 Å². The van der Waals surface area contributed by atoms with E-state index < -0.39 is 29.4 Å². The molecule has 0 saturated carbocycles. The number of esters is 1. The van der Waals surface area contributed by atoms with Gasteiger partial charge in [-0.1, -0.05) is 42.5 Å². The summed E-state index contributed by atoms with van der Waals surface area (Å²) in [5.41, 5.74) is -0.139. The third-order valence-electron chi connectivity index (χ3n) is 4.45. The lowest BCUT2D eigenvalue weighted by Gasteiger charge is -2.22. The van der Waals surface area contributed by atoms with E-state index in [4.69, 9.17) is 14.2 Å². The number of guanidine groups is 1. The second kappa shape index (κ2) is 13.4. The maximum absolute atomic E-state index is 12.7. The van der Waals surface area contributed by atoms with E-state index in [0.717, 1.165) is 5.56 Å². The number of nitrogens with zero attached hydrogens (tertiary/aromatic N) is 1. The van der Waals surface area contributed by atoms with Crippen molar-refractivity contribution < 1.29 is 33.4 Å². The number of hydrogen-bond donors (Lipinski definition) is 2. The zero-order valence-corrected chi connectivity index (χ0v) is 22.6. The minimum Gasteiger partial charge on any atom is -0.461 e. The second-order valence-corrected chi connectivity index (χ2v) is 10.3. The molecule has 0 fully saturated rings. The van der Waals surface area contributed by atoms with Gasteiger partial charge in [-0.05, 0) is 59.2 Å². The number of ketones is 1. The Bertz CT molecular complexity index is 1130. The molecular formula is C28H35N3O7. The Hall–Kier alpha value is -4.21. The second-order valence-electron chi connectivity index (χ2n) is 10.3. The van der Waals surface area contributed by atoms with Crippen LogP contribution in [0.25, 0.3) is 0 Å². The van der Waals surface area contributed by atoms with E-state index >= 15 is 0 Å². The van der Waals surface area contributed by atoms with Crippen molar-refractivity contribution in [3.8, 4) is 0 Å². The summed E-state index contributed by atoms with van der Waals surface area (Å²) >= 11 is 0. The monoisotopic (exact) mass is 525 g/mol. The Labute approximate surface area is 222 Å². The Balaban J connectivity index is 2.09. The van der Waals surface area contributed by atoms with Crippen LogP contribution in [0.5, 0.6) is 0 Å². The molecule has 0 unspecified atom stereocenters. The number of hydrogen-bond acceptors (Lipinski definition) is 8. The summed E-state index contributed by atoms with van der Waals surface area (Å²) in [5.74, 6) is -1.02. The number of alkyl carbamates (subject to hydrolysis) is 2. The van der Waals surface area contributed by atoms with Crippen molar-refractivity contribution in [1.29, 1.82) is 0 Å². The Morgan fingerprint density at radius 2 is 1.34 bits per heavy atom. The topological polar surface area (TPSA) is 132 Å². The van der Waals surface area contributed by atoms with Crippen LogP contribution >= 0.6 is 0 Å². The number of Topliss-reactive ketones (excluding diaryl/α,β-unsaturated/α-hetero) is 1. The molecule has 0 bridgehead atoms. The van der Waals surface area contributed by atoms with Crippen LogP contribution < -0.4 is 10.6 Å². The number of carbonyl (C=O) groups excluding carboxylic acids is 4. The van der Waals surface area contributed by atoms with Gasteiger partial charge in [0.1, 0.15) is 17.8 Å². The number of carbonyl (C=O) groups is 4. The molecule has 10 heteroatoms. The summed E-state index contributed by atoms with van der Waals surface area (Å²) in [6.07, 6.45) is -1.81. The molecule has 0 saturated heterocycles. The molecule has 204 valence electrons. The predicted octanol–water partition coefficient (Wildman–Crippen LogP) is 5.43. The van der Waals surface area contributed by atoms with Gasteiger partial charge in [0, 0.05) is 12.0 Å². The third kappa shape index (κ3) is 12.2. The smallest absolute Gasteiger partial charge is 0.414 e. The molecular weight excluding hydrogens is 490 g/mol. The molecule has 2 N–H and O–H groups in total. The van der Waals surface area contributed by atoms with E-state index in [9.17, 15) is 19.2 Å². The van der Waals surface area contributed by atoms with Gasteiger partial charge in [0.25, 0.3) is 0 Å². The number of nitrogens with one attached hydrogen (secondary N) is 2. The van der Waals surface area contributed by atoms with Crippen LogP contribution in [0.2, 0.25) is 0 Å². The SMILES string of the molecule is CC(C)(C)OC(=O)NC(=Nc1cccc(C(=O)CCC(=O)OCc2ccccc2)c1)NC(=O)OC(C)(C)C. The van der Waals surface area contributed by atoms with Gasteiger partial charge >= 0.3 is 18.2 Å².